The molecule has 0 aliphatic carbocycles. The molecule has 1 aromatic carbocycles. The summed E-state index contributed by atoms with van der Waals surface area (Å²) in [4.78, 5) is 4.22. The van der Waals surface area contributed by atoms with Gasteiger partial charge in [-0.3, -0.25) is 4.98 Å². The molecule has 19 heavy (non-hydrogen) atoms. The summed E-state index contributed by atoms with van der Waals surface area (Å²) in [5.41, 5.74) is 3.65. The van der Waals surface area contributed by atoms with Crippen LogP contribution < -0.4 is 10.1 Å². The Balaban J connectivity index is 2.29. The molecule has 1 unspecified atom stereocenters. The first-order chi connectivity index (χ1) is 9.26. The van der Waals surface area contributed by atoms with Gasteiger partial charge in [0.05, 0.1) is 12.6 Å². The van der Waals surface area contributed by atoms with Crippen molar-refractivity contribution in [1.29, 1.82) is 0 Å². The van der Waals surface area contributed by atoms with Crippen molar-refractivity contribution in [2.24, 2.45) is 0 Å². The molecule has 2 rings (SSSR count). The normalized spacial score (nSPS) is 12.2. The van der Waals surface area contributed by atoms with Crippen LogP contribution in [0.1, 0.15) is 29.7 Å². The van der Waals surface area contributed by atoms with Gasteiger partial charge in [0, 0.05) is 12.4 Å². The number of nitrogens with zero attached hydrogens (tertiary/aromatic N) is 1. The van der Waals surface area contributed by atoms with Gasteiger partial charge in [-0.25, -0.2) is 0 Å². The van der Waals surface area contributed by atoms with Crippen LogP contribution >= 0.6 is 0 Å². The number of pyridine rings is 1. The molecule has 0 bridgehead atoms. The Bertz CT molecular complexity index is 523. The number of hydrogen-bond donors (Lipinski definition) is 1. The number of hydrogen-bond acceptors (Lipinski definition) is 3. The molecule has 1 atom stereocenters. The van der Waals surface area contributed by atoms with Gasteiger partial charge >= 0.3 is 0 Å². The quantitative estimate of drug-likeness (QED) is 0.892. The van der Waals surface area contributed by atoms with E-state index in [0.717, 1.165) is 5.75 Å². The van der Waals surface area contributed by atoms with Crippen LogP contribution in [0.25, 0.3) is 0 Å². The predicted octanol–water partition coefficient (Wildman–Crippen LogP) is 3.10. The van der Waals surface area contributed by atoms with Gasteiger partial charge in [-0.15, -0.1) is 0 Å². The zero-order chi connectivity index (χ0) is 13.7. The van der Waals surface area contributed by atoms with E-state index in [1.807, 2.05) is 44.6 Å². The Morgan fingerprint density at radius 2 is 1.95 bits per heavy atom. The van der Waals surface area contributed by atoms with Gasteiger partial charge in [0.15, 0.2) is 0 Å². The lowest BCUT2D eigenvalue weighted by Gasteiger charge is -2.19. The number of aryl methyl sites for hydroxylation is 1. The monoisotopic (exact) mass is 256 g/mol. The minimum atomic E-state index is 0.157. The maximum absolute atomic E-state index is 5.47. The van der Waals surface area contributed by atoms with Crippen LogP contribution in [0, 0.1) is 6.92 Å². The second-order valence-corrected chi connectivity index (χ2v) is 4.46. The van der Waals surface area contributed by atoms with Crippen molar-refractivity contribution in [3.63, 3.8) is 0 Å². The first-order valence-corrected chi connectivity index (χ1v) is 6.56. The summed E-state index contributed by atoms with van der Waals surface area (Å²) in [6.45, 7) is 4.79. The van der Waals surface area contributed by atoms with Crippen LogP contribution in [0.5, 0.6) is 5.75 Å². The molecule has 1 N–H and O–H groups in total. The third kappa shape index (κ3) is 3.12. The first-order valence-electron chi connectivity index (χ1n) is 6.56. The molecule has 100 valence electrons. The van der Waals surface area contributed by atoms with Crippen molar-refractivity contribution >= 4 is 0 Å². The molecule has 3 nitrogen and oxygen atoms in total. The van der Waals surface area contributed by atoms with E-state index >= 15 is 0 Å². The molecule has 0 fully saturated rings. The molecule has 0 spiro atoms. The molecular formula is C16H20N2O. The Hall–Kier alpha value is -1.87. The van der Waals surface area contributed by atoms with Gasteiger partial charge in [0.25, 0.3) is 0 Å². The van der Waals surface area contributed by atoms with Gasteiger partial charge < -0.3 is 10.1 Å². The van der Waals surface area contributed by atoms with Crippen molar-refractivity contribution in [2.75, 3.05) is 13.7 Å². The molecule has 0 amide bonds. The SMILES string of the molecule is CCOc1ccc(C(NC)c2cnccc2C)cc1. The molecule has 2 aromatic rings. The van der Waals surface area contributed by atoms with Gasteiger partial charge in [0.2, 0.25) is 0 Å². The highest BCUT2D eigenvalue weighted by Crippen LogP contribution is 2.25. The van der Waals surface area contributed by atoms with E-state index in [0.29, 0.717) is 6.61 Å². The lowest BCUT2D eigenvalue weighted by molar-refractivity contribution is 0.340. The third-order valence-corrected chi connectivity index (χ3v) is 3.20. The highest BCUT2D eigenvalue weighted by atomic mass is 16.5. The van der Waals surface area contributed by atoms with E-state index in [9.17, 15) is 0 Å². The van der Waals surface area contributed by atoms with E-state index in [1.54, 1.807) is 0 Å². The number of rotatable bonds is 5. The third-order valence-electron chi connectivity index (χ3n) is 3.20. The highest BCUT2D eigenvalue weighted by Gasteiger charge is 2.14. The molecule has 1 aromatic heterocycles. The maximum Gasteiger partial charge on any atom is 0.119 e. The van der Waals surface area contributed by atoms with Crippen molar-refractivity contribution in [2.45, 2.75) is 19.9 Å². The topological polar surface area (TPSA) is 34.1 Å². The predicted molar refractivity (Wildman–Crippen MR) is 77.5 cm³/mol. The summed E-state index contributed by atoms with van der Waals surface area (Å²) >= 11 is 0. The van der Waals surface area contributed by atoms with Crippen LogP contribution in [0.4, 0.5) is 0 Å². The number of ether oxygens (including phenoxy) is 1. The lowest BCUT2D eigenvalue weighted by atomic mass is 9.97. The molecule has 0 radical (unpaired) electrons. The summed E-state index contributed by atoms with van der Waals surface area (Å²) in [5.74, 6) is 0.906. The standard InChI is InChI=1S/C16H20N2O/c1-4-19-14-7-5-13(6-8-14)16(17-3)15-11-18-10-9-12(15)2/h5-11,16-17H,4H2,1-3H3. The van der Waals surface area contributed by atoms with Gasteiger partial charge in [-0.05, 0) is 55.8 Å². The fourth-order valence-electron chi connectivity index (χ4n) is 2.20. The Morgan fingerprint density at radius 1 is 1.21 bits per heavy atom. The minimum Gasteiger partial charge on any atom is -0.494 e. The number of nitrogens with one attached hydrogen (secondary N) is 1. The van der Waals surface area contributed by atoms with E-state index in [-0.39, 0.29) is 6.04 Å². The molecule has 0 saturated heterocycles. The van der Waals surface area contributed by atoms with Crippen molar-refractivity contribution < 1.29 is 4.74 Å². The van der Waals surface area contributed by atoms with Crippen molar-refractivity contribution in [1.82, 2.24) is 10.3 Å². The van der Waals surface area contributed by atoms with E-state index < -0.39 is 0 Å². The number of aromatic nitrogens is 1. The average molecular weight is 256 g/mol. The lowest BCUT2D eigenvalue weighted by Crippen LogP contribution is -2.18. The van der Waals surface area contributed by atoms with Crippen LogP contribution in [0.3, 0.4) is 0 Å². The van der Waals surface area contributed by atoms with Crippen LogP contribution in [0.15, 0.2) is 42.7 Å². The van der Waals surface area contributed by atoms with Crippen molar-refractivity contribution in [3.8, 4) is 5.75 Å². The Kier molecular flexibility index (Phi) is 4.53. The molecular weight excluding hydrogens is 236 g/mol. The fourth-order valence-corrected chi connectivity index (χ4v) is 2.20. The Morgan fingerprint density at radius 3 is 2.53 bits per heavy atom. The summed E-state index contributed by atoms with van der Waals surface area (Å²) in [5, 5.41) is 3.35. The van der Waals surface area contributed by atoms with Gasteiger partial charge in [-0.1, -0.05) is 12.1 Å². The van der Waals surface area contributed by atoms with Crippen molar-refractivity contribution in [3.05, 3.63) is 59.4 Å². The average Bonchev–Trinajstić information content (AvgIpc) is 2.44. The second kappa shape index (κ2) is 6.34. The molecule has 0 aliphatic heterocycles. The fraction of sp³-hybridized carbons (Fsp3) is 0.312. The van der Waals surface area contributed by atoms with Crippen LogP contribution in [0.2, 0.25) is 0 Å². The first kappa shape index (κ1) is 13.6. The van der Waals surface area contributed by atoms with Crippen LogP contribution in [-0.2, 0) is 0 Å². The summed E-state index contributed by atoms with van der Waals surface area (Å²) in [7, 11) is 1.97. The highest BCUT2D eigenvalue weighted by molar-refractivity contribution is 5.37. The maximum atomic E-state index is 5.47. The van der Waals surface area contributed by atoms with Gasteiger partial charge in [-0.2, -0.15) is 0 Å². The summed E-state index contributed by atoms with van der Waals surface area (Å²) in [6.07, 6.45) is 3.75. The van der Waals surface area contributed by atoms with Gasteiger partial charge in [0.1, 0.15) is 5.75 Å². The zero-order valence-electron chi connectivity index (χ0n) is 11.7. The molecule has 0 aliphatic rings. The molecule has 3 heteroatoms. The molecule has 0 saturated carbocycles. The zero-order valence-corrected chi connectivity index (χ0v) is 11.7. The smallest absolute Gasteiger partial charge is 0.119 e. The summed E-state index contributed by atoms with van der Waals surface area (Å²) in [6, 6.07) is 10.4. The Labute approximate surface area is 114 Å². The largest absolute Gasteiger partial charge is 0.494 e. The van der Waals surface area contributed by atoms with E-state index in [1.165, 1.54) is 16.7 Å². The van der Waals surface area contributed by atoms with E-state index in [2.05, 4.69) is 29.4 Å². The second-order valence-electron chi connectivity index (χ2n) is 4.46. The minimum absolute atomic E-state index is 0.157. The summed E-state index contributed by atoms with van der Waals surface area (Å²) < 4.78 is 5.47. The molecule has 1 heterocycles. The van der Waals surface area contributed by atoms with Crippen LogP contribution in [-0.4, -0.2) is 18.6 Å². The number of benzene rings is 1. The van der Waals surface area contributed by atoms with E-state index in [4.69, 9.17) is 4.74 Å².